The van der Waals surface area contributed by atoms with Gasteiger partial charge in [0.15, 0.2) is 17.5 Å². The van der Waals surface area contributed by atoms with E-state index in [1.54, 1.807) is 0 Å². The molecule has 0 saturated heterocycles. The summed E-state index contributed by atoms with van der Waals surface area (Å²) in [5.41, 5.74) is 12.5. The highest BCUT2D eigenvalue weighted by molar-refractivity contribution is 6.08. The molecule has 0 bridgehead atoms. The lowest BCUT2D eigenvalue weighted by atomic mass is 9.82. The molecule has 0 fully saturated rings. The lowest BCUT2D eigenvalue weighted by Gasteiger charge is -2.21. The fraction of sp³-hybridized carbons (Fsp3) is 0.0714. The van der Waals surface area contributed by atoms with E-state index in [2.05, 4.69) is 140 Å². The van der Waals surface area contributed by atoms with Gasteiger partial charge in [-0.25, -0.2) is 15.0 Å². The zero-order valence-electron chi connectivity index (χ0n) is 25.6. The van der Waals surface area contributed by atoms with Crippen LogP contribution in [0.2, 0.25) is 0 Å². The van der Waals surface area contributed by atoms with Crippen molar-refractivity contribution < 1.29 is 0 Å². The zero-order chi connectivity index (χ0) is 30.8. The first-order valence-corrected chi connectivity index (χ1v) is 15.7. The fourth-order valence-electron chi connectivity index (χ4n) is 7.07. The third kappa shape index (κ3) is 4.18. The van der Waals surface area contributed by atoms with E-state index in [0.717, 1.165) is 38.9 Å². The van der Waals surface area contributed by atoms with Crippen molar-refractivity contribution in [3.05, 3.63) is 151 Å². The Morgan fingerprint density at radius 2 is 1.00 bits per heavy atom. The maximum Gasteiger partial charge on any atom is 0.164 e. The number of nitrogens with one attached hydrogen (secondary N) is 1. The first kappa shape index (κ1) is 26.5. The van der Waals surface area contributed by atoms with E-state index in [4.69, 9.17) is 15.0 Å². The van der Waals surface area contributed by atoms with Gasteiger partial charge in [-0.15, -0.1) is 0 Å². The second kappa shape index (κ2) is 10.1. The summed E-state index contributed by atoms with van der Waals surface area (Å²) in [5.74, 6) is 1.98. The average Bonchev–Trinajstić information content (AvgIpc) is 3.60. The van der Waals surface area contributed by atoms with E-state index in [0.29, 0.717) is 17.5 Å². The number of fused-ring (bicyclic) bond motifs is 6. The maximum absolute atomic E-state index is 5.11. The number of hydrogen-bond acceptors (Lipinski definition) is 3. The minimum absolute atomic E-state index is 0.111. The van der Waals surface area contributed by atoms with Gasteiger partial charge < -0.3 is 4.98 Å². The number of rotatable bonds is 4. The zero-order valence-corrected chi connectivity index (χ0v) is 25.6. The fourth-order valence-corrected chi connectivity index (χ4v) is 7.07. The summed E-state index contributed by atoms with van der Waals surface area (Å²) in [6.07, 6.45) is 0. The molecule has 1 N–H and O–H groups in total. The van der Waals surface area contributed by atoms with E-state index in [1.165, 1.54) is 33.0 Å². The van der Waals surface area contributed by atoms with Gasteiger partial charge in [0.05, 0.1) is 0 Å². The largest absolute Gasteiger partial charge is 0.354 e. The molecule has 2 heterocycles. The molecular formula is C42H30N4. The summed E-state index contributed by atoms with van der Waals surface area (Å²) in [4.78, 5) is 18.7. The van der Waals surface area contributed by atoms with Crippen molar-refractivity contribution in [2.24, 2.45) is 0 Å². The smallest absolute Gasteiger partial charge is 0.164 e. The summed E-state index contributed by atoms with van der Waals surface area (Å²) in [6, 6.07) is 49.1. The molecule has 0 atom stereocenters. The van der Waals surface area contributed by atoms with Crippen LogP contribution in [0.15, 0.2) is 140 Å². The van der Waals surface area contributed by atoms with Gasteiger partial charge in [-0.2, -0.15) is 0 Å². The van der Waals surface area contributed by atoms with Crippen LogP contribution in [0.3, 0.4) is 0 Å². The normalized spacial score (nSPS) is 13.2. The van der Waals surface area contributed by atoms with Crippen molar-refractivity contribution in [1.29, 1.82) is 0 Å². The van der Waals surface area contributed by atoms with Crippen molar-refractivity contribution >= 4 is 21.8 Å². The highest BCUT2D eigenvalue weighted by Crippen LogP contribution is 2.49. The molecule has 1 aliphatic carbocycles. The Balaban J connectivity index is 1.17. The molecule has 0 spiro atoms. The van der Waals surface area contributed by atoms with E-state index < -0.39 is 0 Å². The van der Waals surface area contributed by atoms with E-state index >= 15 is 0 Å². The van der Waals surface area contributed by atoms with E-state index in [-0.39, 0.29) is 5.41 Å². The number of H-pyrrole nitrogens is 1. The first-order chi connectivity index (χ1) is 22.5. The SMILES string of the molecule is CC1(C)c2ccccc2-c2ccc(-c3nc(-c4ccccc4)nc(-c4cccc(-c5ccc6c(c5)[nH]c5ccccc56)c4)n3)cc21. The Morgan fingerprint density at radius 3 is 1.85 bits per heavy atom. The molecule has 0 aliphatic heterocycles. The maximum atomic E-state index is 5.11. The number of benzene rings is 6. The van der Waals surface area contributed by atoms with Gasteiger partial charge in [-0.3, -0.25) is 0 Å². The Kier molecular flexibility index (Phi) is 5.81. The molecule has 0 amide bonds. The second-order valence-electron chi connectivity index (χ2n) is 12.6. The summed E-state index contributed by atoms with van der Waals surface area (Å²) in [6.45, 7) is 4.60. The van der Waals surface area contributed by atoms with E-state index in [1.807, 2.05) is 18.2 Å². The molecule has 2 aromatic heterocycles. The van der Waals surface area contributed by atoms with Crippen LogP contribution in [0.25, 0.3) is 78.2 Å². The molecule has 218 valence electrons. The number of aromatic amines is 1. The molecule has 46 heavy (non-hydrogen) atoms. The van der Waals surface area contributed by atoms with Gasteiger partial charge in [-0.1, -0.05) is 129 Å². The van der Waals surface area contributed by atoms with Crippen molar-refractivity contribution in [2.45, 2.75) is 19.3 Å². The molecule has 9 rings (SSSR count). The van der Waals surface area contributed by atoms with Gasteiger partial charge in [-0.05, 0) is 57.6 Å². The van der Waals surface area contributed by atoms with Gasteiger partial charge in [0.25, 0.3) is 0 Å². The topological polar surface area (TPSA) is 54.5 Å². The van der Waals surface area contributed by atoms with E-state index in [9.17, 15) is 0 Å². The van der Waals surface area contributed by atoms with Gasteiger partial charge in [0.2, 0.25) is 0 Å². The Bertz CT molecular complexity index is 2450. The van der Waals surface area contributed by atoms with Crippen LogP contribution >= 0.6 is 0 Å². The van der Waals surface area contributed by atoms with Gasteiger partial charge in [0, 0.05) is 43.9 Å². The summed E-state index contributed by atoms with van der Waals surface area (Å²) < 4.78 is 0. The molecule has 8 aromatic rings. The molecule has 0 saturated carbocycles. The lowest BCUT2D eigenvalue weighted by Crippen LogP contribution is -2.15. The Hall–Kier alpha value is -5.87. The Morgan fingerprint density at radius 1 is 0.413 bits per heavy atom. The van der Waals surface area contributed by atoms with Crippen LogP contribution < -0.4 is 0 Å². The second-order valence-corrected chi connectivity index (χ2v) is 12.6. The van der Waals surface area contributed by atoms with Crippen molar-refractivity contribution in [2.75, 3.05) is 0 Å². The monoisotopic (exact) mass is 590 g/mol. The predicted octanol–water partition coefficient (Wildman–Crippen LogP) is 10.5. The summed E-state index contributed by atoms with van der Waals surface area (Å²) in [5, 5.41) is 2.47. The quantitative estimate of drug-likeness (QED) is 0.222. The summed E-state index contributed by atoms with van der Waals surface area (Å²) in [7, 11) is 0. The molecule has 4 nitrogen and oxygen atoms in total. The lowest BCUT2D eigenvalue weighted by molar-refractivity contribution is 0.660. The van der Waals surface area contributed by atoms with Crippen LogP contribution in [0, 0.1) is 0 Å². The van der Waals surface area contributed by atoms with Crippen LogP contribution in [0.1, 0.15) is 25.0 Å². The number of nitrogens with zero attached hydrogens (tertiary/aromatic N) is 3. The number of aromatic nitrogens is 4. The van der Waals surface area contributed by atoms with Gasteiger partial charge in [0.1, 0.15) is 0 Å². The van der Waals surface area contributed by atoms with Gasteiger partial charge >= 0.3 is 0 Å². The minimum atomic E-state index is -0.111. The number of hydrogen-bond donors (Lipinski definition) is 1. The minimum Gasteiger partial charge on any atom is -0.354 e. The molecule has 1 aliphatic rings. The molecule has 4 heteroatoms. The predicted molar refractivity (Wildman–Crippen MR) is 188 cm³/mol. The van der Waals surface area contributed by atoms with Crippen LogP contribution in [0.5, 0.6) is 0 Å². The van der Waals surface area contributed by atoms with Crippen molar-refractivity contribution in [1.82, 2.24) is 19.9 Å². The third-order valence-corrected chi connectivity index (χ3v) is 9.47. The standard InChI is InChI=1S/C42H30N4/c1-42(2)35-17-8-6-15-31(35)32-21-20-30(24-36(32)42)41-45-39(26-11-4-3-5-12-26)44-40(46-41)29-14-10-13-27(23-29)28-19-22-34-33-16-7-9-18-37(33)43-38(34)25-28/h3-25,43H,1-2H3. The van der Waals surface area contributed by atoms with Crippen molar-refractivity contribution in [3.63, 3.8) is 0 Å². The molecule has 0 radical (unpaired) electrons. The van der Waals surface area contributed by atoms with Crippen LogP contribution in [-0.4, -0.2) is 19.9 Å². The highest BCUT2D eigenvalue weighted by Gasteiger charge is 2.35. The molecule has 0 unspecified atom stereocenters. The summed E-state index contributed by atoms with van der Waals surface area (Å²) >= 11 is 0. The third-order valence-electron chi connectivity index (χ3n) is 9.47. The highest BCUT2D eigenvalue weighted by atomic mass is 15.0. The number of para-hydroxylation sites is 1. The van der Waals surface area contributed by atoms with Crippen LogP contribution in [-0.2, 0) is 5.41 Å². The first-order valence-electron chi connectivity index (χ1n) is 15.7. The Labute approximate surface area is 267 Å². The molecular weight excluding hydrogens is 560 g/mol. The van der Waals surface area contributed by atoms with Crippen LogP contribution in [0.4, 0.5) is 0 Å². The van der Waals surface area contributed by atoms with Crippen molar-refractivity contribution in [3.8, 4) is 56.4 Å². The average molecular weight is 591 g/mol. The molecule has 6 aromatic carbocycles.